The van der Waals surface area contributed by atoms with Crippen molar-refractivity contribution in [1.29, 1.82) is 0 Å². The van der Waals surface area contributed by atoms with E-state index in [4.69, 9.17) is 4.74 Å². The summed E-state index contributed by atoms with van der Waals surface area (Å²) in [5, 5.41) is 9.04. The van der Waals surface area contributed by atoms with Crippen molar-refractivity contribution < 1.29 is 9.13 Å². The third kappa shape index (κ3) is 2.42. The van der Waals surface area contributed by atoms with Crippen molar-refractivity contribution >= 4 is 0 Å². The van der Waals surface area contributed by atoms with Crippen molar-refractivity contribution in [2.45, 2.75) is 57.8 Å². The van der Waals surface area contributed by atoms with E-state index in [1.165, 1.54) is 11.6 Å². The van der Waals surface area contributed by atoms with Gasteiger partial charge in [-0.2, -0.15) is 10.2 Å². The highest BCUT2D eigenvalue weighted by Gasteiger charge is 2.63. The fourth-order valence-corrected chi connectivity index (χ4v) is 5.04. The molecule has 1 aromatic heterocycles. The SMILES string of the molecule is CCCCOC[C@]12CC[C@H](c3cc(-c4ccccc4F)nnc31)C2(C)C. The number of nitrogens with zero attached hydrogens (tertiary/aromatic N) is 2. The maximum absolute atomic E-state index is 14.2. The predicted molar refractivity (Wildman–Crippen MR) is 101 cm³/mol. The highest BCUT2D eigenvalue weighted by molar-refractivity contribution is 5.62. The van der Waals surface area contributed by atoms with E-state index in [1.807, 2.05) is 6.07 Å². The van der Waals surface area contributed by atoms with Gasteiger partial charge in [0, 0.05) is 17.6 Å². The Labute approximate surface area is 155 Å². The monoisotopic (exact) mass is 354 g/mol. The summed E-state index contributed by atoms with van der Waals surface area (Å²) in [7, 11) is 0. The largest absolute Gasteiger partial charge is 0.380 e. The third-order valence-corrected chi connectivity index (χ3v) is 6.76. The maximum Gasteiger partial charge on any atom is 0.132 e. The highest BCUT2D eigenvalue weighted by atomic mass is 19.1. The van der Waals surface area contributed by atoms with E-state index < -0.39 is 0 Å². The minimum Gasteiger partial charge on any atom is -0.380 e. The Morgan fingerprint density at radius 3 is 2.81 bits per heavy atom. The average molecular weight is 354 g/mol. The lowest BCUT2D eigenvalue weighted by molar-refractivity contribution is 0.0387. The molecule has 138 valence electrons. The van der Waals surface area contributed by atoms with Crippen LogP contribution in [-0.2, 0) is 10.2 Å². The second kappa shape index (κ2) is 6.41. The number of fused-ring (bicyclic) bond motifs is 5. The zero-order valence-corrected chi connectivity index (χ0v) is 15.9. The molecule has 26 heavy (non-hydrogen) atoms. The van der Waals surface area contributed by atoms with E-state index in [0.29, 0.717) is 23.8 Å². The first-order chi connectivity index (χ1) is 12.5. The van der Waals surface area contributed by atoms with Gasteiger partial charge in [0.1, 0.15) is 5.82 Å². The van der Waals surface area contributed by atoms with Crippen LogP contribution in [0.5, 0.6) is 0 Å². The van der Waals surface area contributed by atoms with E-state index in [-0.39, 0.29) is 16.6 Å². The normalized spacial score (nSPS) is 25.5. The van der Waals surface area contributed by atoms with Gasteiger partial charge in [-0.3, -0.25) is 0 Å². The van der Waals surface area contributed by atoms with Crippen molar-refractivity contribution in [2.24, 2.45) is 5.41 Å². The topological polar surface area (TPSA) is 35.0 Å². The number of benzene rings is 1. The third-order valence-electron chi connectivity index (χ3n) is 6.76. The smallest absolute Gasteiger partial charge is 0.132 e. The van der Waals surface area contributed by atoms with Gasteiger partial charge in [-0.25, -0.2) is 4.39 Å². The molecule has 0 radical (unpaired) electrons. The number of aromatic nitrogens is 2. The van der Waals surface area contributed by atoms with Crippen LogP contribution in [0.4, 0.5) is 4.39 Å². The Morgan fingerprint density at radius 1 is 1.23 bits per heavy atom. The molecule has 3 nitrogen and oxygen atoms in total. The molecule has 2 atom stereocenters. The standard InChI is InChI=1S/C22H27FN2O/c1-4-5-12-26-14-22-11-10-17(21(22,2)3)16-13-19(24-25-20(16)22)15-8-6-7-9-18(15)23/h6-9,13,17H,4-5,10-12,14H2,1-3H3/t17-,22-/m1/s1. The van der Waals surface area contributed by atoms with E-state index in [9.17, 15) is 4.39 Å². The van der Waals surface area contributed by atoms with Gasteiger partial charge >= 0.3 is 0 Å². The van der Waals surface area contributed by atoms with Gasteiger partial charge in [-0.05, 0) is 54.4 Å². The Bertz CT molecular complexity index is 820. The molecule has 2 aromatic rings. The molecule has 0 spiro atoms. The minimum atomic E-state index is -0.248. The van der Waals surface area contributed by atoms with E-state index in [1.54, 1.807) is 12.1 Å². The number of halogens is 1. The van der Waals surface area contributed by atoms with Gasteiger partial charge in [0.2, 0.25) is 0 Å². The molecule has 0 N–H and O–H groups in total. The summed E-state index contributed by atoms with van der Waals surface area (Å²) in [4.78, 5) is 0. The summed E-state index contributed by atoms with van der Waals surface area (Å²) < 4.78 is 20.3. The molecule has 2 aliphatic rings. The molecule has 4 heteroatoms. The average Bonchev–Trinajstić information content (AvgIpc) is 3.00. The van der Waals surface area contributed by atoms with Crippen molar-refractivity contribution in [3.8, 4) is 11.3 Å². The van der Waals surface area contributed by atoms with E-state index in [0.717, 1.165) is 38.0 Å². The summed E-state index contributed by atoms with van der Waals surface area (Å²) in [6.45, 7) is 8.35. The molecule has 1 aromatic carbocycles. The Kier molecular flexibility index (Phi) is 4.34. The lowest BCUT2D eigenvalue weighted by Crippen LogP contribution is -2.40. The number of hydrogen-bond donors (Lipinski definition) is 0. The summed E-state index contributed by atoms with van der Waals surface area (Å²) in [6, 6.07) is 8.86. The van der Waals surface area contributed by atoms with Crippen LogP contribution in [0.25, 0.3) is 11.3 Å². The quantitative estimate of drug-likeness (QED) is 0.664. The van der Waals surface area contributed by atoms with Crippen molar-refractivity contribution in [1.82, 2.24) is 10.2 Å². The second-order valence-corrected chi connectivity index (χ2v) is 8.31. The zero-order valence-electron chi connectivity index (χ0n) is 15.9. The molecule has 0 amide bonds. The van der Waals surface area contributed by atoms with Crippen LogP contribution in [0.15, 0.2) is 30.3 Å². The van der Waals surface area contributed by atoms with Crippen LogP contribution in [0.2, 0.25) is 0 Å². The summed E-state index contributed by atoms with van der Waals surface area (Å²) >= 11 is 0. The Hall–Kier alpha value is -1.81. The molecule has 0 aliphatic heterocycles. The van der Waals surface area contributed by atoms with Gasteiger partial charge in [-0.15, -0.1) is 0 Å². The van der Waals surface area contributed by atoms with Gasteiger partial charge in [-0.1, -0.05) is 39.3 Å². The molecule has 4 rings (SSSR count). The fourth-order valence-electron chi connectivity index (χ4n) is 5.04. The van der Waals surface area contributed by atoms with Gasteiger partial charge in [0.05, 0.1) is 18.0 Å². The van der Waals surface area contributed by atoms with Gasteiger partial charge < -0.3 is 4.74 Å². The first kappa shape index (κ1) is 17.6. The number of unbranched alkanes of at least 4 members (excludes halogenated alkanes) is 1. The molecular weight excluding hydrogens is 327 g/mol. The van der Waals surface area contributed by atoms with Crippen molar-refractivity contribution in [3.63, 3.8) is 0 Å². The minimum absolute atomic E-state index is 0.0680. The van der Waals surface area contributed by atoms with Gasteiger partial charge in [0.25, 0.3) is 0 Å². The molecule has 2 aliphatic carbocycles. The Morgan fingerprint density at radius 2 is 2.04 bits per heavy atom. The van der Waals surface area contributed by atoms with Crippen LogP contribution in [0.3, 0.4) is 0 Å². The number of hydrogen-bond acceptors (Lipinski definition) is 3. The Balaban J connectivity index is 1.72. The van der Waals surface area contributed by atoms with E-state index >= 15 is 0 Å². The van der Waals surface area contributed by atoms with Crippen LogP contribution in [0.1, 0.15) is 63.6 Å². The van der Waals surface area contributed by atoms with Crippen LogP contribution in [-0.4, -0.2) is 23.4 Å². The van der Waals surface area contributed by atoms with Crippen LogP contribution >= 0.6 is 0 Å². The summed E-state index contributed by atoms with van der Waals surface area (Å²) in [5.74, 6) is 0.190. The van der Waals surface area contributed by atoms with Crippen molar-refractivity contribution in [2.75, 3.05) is 13.2 Å². The molecular formula is C22H27FN2O. The fraction of sp³-hybridized carbons (Fsp3) is 0.545. The molecule has 0 unspecified atom stereocenters. The second-order valence-electron chi connectivity index (χ2n) is 8.31. The highest BCUT2D eigenvalue weighted by Crippen LogP contribution is 2.67. The van der Waals surface area contributed by atoms with Crippen LogP contribution < -0.4 is 0 Å². The first-order valence-electron chi connectivity index (χ1n) is 9.72. The molecule has 1 heterocycles. The lowest BCUT2D eigenvalue weighted by atomic mass is 9.69. The maximum atomic E-state index is 14.2. The first-order valence-corrected chi connectivity index (χ1v) is 9.72. The van der Waals surface area contributed by atoms with E-state index in [2.05, 4.69) is 37.0 Å². The number of ether oxygens (including phenoxy) is 1. The summed E-state index contributed by atoms with van der Waals surface area (Å²) in [5.41, 5.74) is 3.50. The molecule has 1 fully saturated rings. The number of rotatable bonds is 6. The molecule has 2 bridgehead atoms. The molecule has 0 saturated heterocycles. The summed E-state index contributed by atoms with van der Waals surface area (Å²) in [6.07, 6.45) is 4.46. The molecule has 1 saturated carbocycles. The van der Waals surface area contributed by atoms with Crippen LogP contribution in [0, 0.1) is 11.2 Å². The zero-order chi connectivity index (χ0) is 18.4. The lowest BCUT2D eigenvalue weighted by Gasteiger charge is -2.37. The van der Waals surface area contributed by atoms with Gasteiger partial charge in [0.15, 0.2) is 0 Å². The predicted octanol–water partition coefficient (Wildman–Crippen LogP) is 5.25. The van der Waals surface area contributed by atoms with Crippen molar-refractivity contribution in [3.05, 3.63) is 47.4 Å².